The maximum Gasteiger partial charge on any atom is 0.104 e. The predicted octanol–water partition coefficient (Wildman–Crippen LogP) is 0.155. The Morgan fingerprint density at radius 1 is 1.27 bits per heavy atom. The molecule has 2 saturated heterocycles. The molecule has 2 heterocycles. The molecule has 2 rings (SSSR count). The van der Waals surface area contributed by atoms with Gasteiger partial charge in [0.1, 0.15) is 5.60 Å². The quantitative estimate of drug-likeness (QED) is 0.543. The van der Waals surface area contributed by atoms with Crippen molar-refractivity contribution in [2.24, 2.45) is 0 Å². The first kappa shape index (κ1) is 7.53. The van der Waals surface area contributed by atoms with E-state index in [4.69, 9.17) is 9.47 Å². The molecule has 0 aromatic carbocycles. The van der Waals surface area contributed by atoms with Crippen LogP contribution in [0.15, 0.2) is 0 Å². The maximum absolute atomic E-state index is 5.72. The van der Waals surface area contributed by atoms with E-state index in [-0.39, 0.29) is 5.60 Å². The Morgan fingerprint density at radius 3 is 2.91 bits per heavy atom. The number of nitrogens with one attached hydrogen (secondary N) is 1. The van der Waals surface area contributed by atoms with E-state index in [1.54, 1.807) is 0 Å². The topological polar surface area (TPSA) is 30.5 Å². The monoisotopic (exact) mass is 157 g/mol. The summed E-state index contributed by atoms with van der Waals surface area (Å²) in [4.78, 5) is 0. The average Bonchev–Trinajstić information content (AvgIpc) is 2.07. The van der Waals surface area contributed by atoms with Crippen LogP contribution >= 0.6 is 0 Å². The van der Waals surface area contributed by atoms with E-state index >= 15 is 0 Å². The highest BCUT2D eigenvalue weighted by molar-refractivity contribution is 4.88. The van der Waals surface area contributed by atoms with Crippen molar-refractivity contribution < 1.29 is 9.47 Å². The van der Waals surface area contributed by atoms with Crippen LogP contribution in [0.1, 0.15) is 12.8 Å². The van der Waals surface area contributed by atoms with Gasteiger partial charge in [0.15, 0.2) is 0 Å². The minimum absolute atomic E-state index is 0.0243. The van der Waals surface area contributed by atoms with Crippen molar-refractivity contribution in [3.8, 4) is 0 Å². The molecule has 1 N–H and O–H groups in total. The molecule has 11 heavy (non-hydrogen) atoms. The molecule has 0 aromatic heterocycles. The summed E-state index contributed by atoms with van der Waals surface area (Å²) in [7, 11) is 0. The zero-order valence-electron chi connectivity index (χ0n) is 6.77. The van der Waals surface area contributed by atoms with Crippen molar-refractivity contribution in [2.75, 3.05) is 32.9 Å². The van der Waals surface area contributed by atoms with Crippen LogP contribution in [0.5, 0.6) is 0 Å². The van der Waals surface area contributed by atoms with Gasteiger partial charge in [-0.3, -0.25) is 0 Å². The lowest BCUT2D eigenvalue weighted by atomic mass is 9.95. The van der Waals surface area contributed by atoms with Gasteiger partial charge in [-0.2, -0.15) is 0 Å². The summed E-state index contributed by atoms with van der Waals surface area (Å²) in [5.41, 5.74) is 0.0243. The zero-order chi connectivity index (χ0) is 7.57. The van der Waals surface area contributed by atoms with E-state index in [9.17, 15) is 0 Å². The van der Waals surface area contributed by atoms with Gasteiger partial charge in [-0.1, -0.05) is 0 Å². The van der Waals surface area contributed by atoms with Gasteiger partial charge < -0.3 is 14.8 Å². The van der Waals surface area contributed by atoms with Crippen molar-refractivity contribution in [1.82, 2.24) is 5.32 Å². The number of hydrogen-bond donors (Lipinski definition) is 1. The summed E-state index contributed by atoms with van der Waals surface area (Å²) in [5.74, 6) is 0. The van der Waals surface area contributed by atoms with Gasteiger partial charge in [-0.05, 0) is 12.8 Å². The number of ether oxygens (including phenoxy) is 2. The summed E-state index contributed by atoms with van der Waals surface area (Å²) < 4.78 is 11.1. The molecule has 1 spiro atoms. The molecule has 0 amide bonds. The molecule has 0 aliphatic carbocycles. The summed E-state index contributed by atoms with van der Waals surface area (Å²) in [6.07, 6.45) is 2.29. The normalized spacial score (nSPS) is 39.3. The fraction of sp³-hybridized carbons (Fsp3) is 1.00. The summed E-state index contributed by atoms with van der Waals surface area (Å²) in [6.45, 7) is 4.48. The Bertz CT molecular complexity index is 107. The highest BCUT2D eigenvalue weighted by atomic mass is 16.5. The molecule has 0 unspecified atom stereocenters. The van der Waals surface area contributed by atoms with Crippen molar-refractivity contribution >= 4 is 0 Å². The van der Waals surface area contributed by atoms with E-state index < -0.39 is 0 Å². The van der Waals surface area contributed by atoms with Crippen LogP contribution in [0.25, 0.3) is 0 Å². The minimum Gasteiger partial charge on any atom is -0.378 e. The molecule has 2 aliphatic heterocycles. The van der Waals surface area contributed by atoms with E-state index in [1.165, 1.54) is 0 Å². The third-order valence-corrected chi connectivity index (χ3v) is 2.42. The highest BCUT2D eigenvalue weighted by Crippen LogP contribution is 2.24. The lowest BCUT2D eigenvalue weighted by molar-refractivity contribution is -0.140. The molecule has 0 radical (unpaired) electrons. The van der Waals surface area contributed by atoms with Gasteiger partial charge in [-0.25, -0.2) is 0 Å². The largest absolute Gasteiger partial charge is 0.378 e. The first-order valence-electron chi connectivity index (χ1n) is 4.34. The Balaban J connectivity index is 1.94. The summed E-state index contributed by atoms with van der Waals surface area (Å²) >= 11 is 0. The molecule has 3 nitrogen and oxygen atoms in total. The van der Waals surface area contributed by atoms with E-state index in [0.717, 1.165) is 45.8 Å². The van der Waals surface area contributed by atoms with Crippen LogP contribution in [-0.2, 0) is 9.47 Å². The molecule has 3 heteroatoms. The molecule has 0 saturated carbocycles. The second-order valence-electron chi connectivity index (χ2n) is 3.36. The number of hydrogen-bond acceptors (Lipinski definition) is 3. The minimum atomic E-state index is 0.0243. The van der Waals surface area contributed by atoms with Crippen molar-refractivity contribution in [3.63, 3.8) is 0 Å². The summed E-state index contributed by atoms with van der Waals surface area (Å²) in [5, 5.41) is 3.34. The van der Waals surface area contributed by atoms with E-state index in [0.29, 0.717) is 0 Å². The Morgan fingerprint density at radius 2 is 2.27 bits per heavy atom. The van der Waals surface area contributed by atoms with Crippen LogP contribution < -0.4 is 5.32 Å². The van der Waals surface area contributed by atoms with E-state index in [2.05, 4.69) is 5.32 Å². The molecule has 1 atom stereocenters. The Labute approximate surface area is 67.1 Å². The lowest BCUT2D eigenvalue weighted by Gasteiger charge is -2.40. The smallest absolute Gasteiger partial charge is 0.104 e. The van der Waals surface area contributed by atoms with Gasteiger partial charge in [0.05, 0.1) is 13.2 Å². The number of morpholine rings is 1. The highest BCUT2D eigenvalue weighted by Gasteiger charge is 2.35. The fourth-order valence-electron chi connectivity index (χ4n) is 1.79. The third kappa shape index (κ3) is 1.55. The van der Waals surface area contributed by atoms with Crippen LogP contribution in [0, 0.1) is 0 Å². The molecule has 0 bridgehead atoms. The molecule has 0 aromatic rings. The third-order valence-electron chi connectivity index (χ3n) is 2.42. The second-order valence-corrected chi connectivity index (χ2v) is 3.36. The Kier molecular flexibility index (Phi) is 2.11. The zero-order valence-corrected chi connectivity index (χ0v) is 6.77. The van der Waals surface area contributed by atoms with Crippen LogP contribution in [-0.4, -0.2) is 38.5 Å². The van der Waals surface area contributed by atoms with Gasteiger partial charge >= 0.3 is 0 Å². The second kappa shape index (κ2) is 3.09. The first-order chi connectivity index (χ1) is 5.41. The number of rotatable bonds is 0. The standard InChI is InChI=1S/C8H15NO2/c1-2-8(7-10-4-1)6-9-3-5-11-8/h9H,1-7H2/t8-/m0/s1. The average molecular weight is 157 g/mol. The van der Waals surface area contributed by atoms with Gasteiger partial charge in [0, 0.05) is 19.7 Å². The van der Waals surface area contributed by atoms with Crippen molar-refractivity contribution in [2.45, 2.75) is 18.4 Å². The molecular weight excluding hydrogens is 142 g/mol. The summed E-state index contributed by atoms with van der Waals surface area (Å²) in [6, 6.07) is 0. The molecule has 2 aliphatic rings. The van der Waals surface area contributed by atoms with Crippen LogP contribution in [0.3, 0.4) is 0 Å². The lowest BCUT2D eigenvalue weighted by Crippen LogP contribution is -2.54. The van der Waals surface area contributed by atoms with Crippen molar-refractivity contribution in [3.05, 3.63) is 0 Å². The van der Waals surface area contributed by atoms with Crippen LogP contribution in [0.4, 0.5) is 0 Å². The SMILES string of the molecule is C1COC[C@]2(C1)CNCCO2. The fourth-order valence-corrected chi connectivity index (χ4v) is 1.79. The van der Waals surface area contributed by atoms with Crippen molar-refractivity contribution in [1.29, 1.82) is 0 Å². The molecular formula is C8H15NO2. The first-order valence-corrected chi connectivity index (χ1v) is 4.34. The van der Waals surface area contributed by atoms with Gasteiger partial charge in [-0.15, -0.1) is 0 Å². The van der Waals surface area contributed by atoms with Gasteiger partial charge in [0.2, 0.25) is 0 Å². The van der Waals surface area contributed by atoms with Crippen LogP contribution in [0.2, 0.25) is 0 Å². The van der Waals surface area contributed by atoms with Gasteiger partial charge in [0.25, 0.3) is 0 Å². The maximum atomic E-state index is 5.72. The van der Waals surface area contributed by atoms with E-state index in [1.807, 2.05) is 0 Å². The molecule has 2 fully saturated rings. The predicted molar refractivity (Wildman–Crippen MR) is 41.6 cm³/mol. The Hall–Kier alpha value is -0.120. The molecule has 64 valence electrons.